The van der Waals surface area contributed by atoms with Crippen LogP contribution in [-0.4, -0.2) is 37.5 Å². The van der Waals surface area contributed by atoms with Crippen LogP contribution in [0.1, 0.15) is 33.6 Å². The largest absolute Gasteiger partial charge is 0.465 e. The second-order valence-electron chi connectivity index (χ2n) is 5.85. The van der Waals surface area contributed by atoms with Crippen molar-refractivity contribution < 1.29 is 23.8 Å². The summed E-state index contributed by atoms with van der Waals surface area (Å²) in [6, 6.07) is 13.7. The summed E-state index contributed by atoms with van der Waals surface area (Å²) in [4.78, 5) is 24.9. The molecule has 1 atom stereocenters. The number of carbonyl (C=O) groups is 2. The molecule has 1 saturated heterocycles. The maximum atomic E-state index is 12.5. The Kier molecular flexibility index (Phi) is 6.30. The fraction of sp³-hybridized carbons (Fsp3) is 0.300. The van der Waals surface area contributed by atoms with Gasteiger partial charge in [-0.15, -0.1) is 11.8 Å². The van der Waals surface area contributed by atoms with E-state index in [1.807, 2.05) is 18.2 Å². The van der Waals surface area contributed by atoms with E-state index < -0.39 is 11.9 Å². The number of methoxy groups -OCH3 is 1. The fourth-order valence-electron chi connectivity index (χ4n) is 2.66. The van der Waals surface area contributed by atoms with Crippen LogP contribution < -0.4 is 4.74 Å². The van der Waals surface area contributed by atoms with Crippen LogP contribution in [0.2, 0.25) is 0 Å². The Morgan fingerprint density at radius 1 is 1.12 bits per heavy atom. The van der Waals surface area contributed by atoms with Gasteiger partial charge in [-0.3, -0.25) is 0 Å². The molecule has 0 unspecified atom stereocenters. The first kappa shape index (κ1) is 18.5. The van der Waals surface area contributed by atoms with Gasteiger partial charge in [0.2, 0.25) is 0 Å². The predicted molar refractivity (Wildman–Crippen MR) is 98.9 cm³/mol. The minimum atomic E-state index is -0.432. The van der Waals surface area contributed by atoms with Crippen molar-refractivity contribution in [2.24, 2.45) is 0 Å². The van der Waals surface area contributed by atoms with Crippen molar-refractivity contribution in [3.63, 3.8) is 0 Å². The van der Waals surface area contributed by atoms with Crippen molar-refractivity contribution in [2.75, 3.05) is 19.5 Å². The number of rotatable bonds is 6. The van der Waals surface area contributed by atoms with Crippen LogP contribution in [0.15, 0.2) is 53.4 Å². The summed E-state index contributed by atoms with van der Waals surface area (Å²) in [5.41, 5.74) is 0.923. The Balaban J connectivity index is 1.66. The van der Waals surface area contributed by atoms with E-state index in [-0.39, 0.29) is 6.10 Å². The molecule has 1 heterocycles. The molecule has 6 heteroatoms. The van der Waals surface area contributed by atoms with Crippen LogP contribution >= 0.6 is 11.8 Å². The summed E-state index contributed by atoms with van der Waals surface area (Å²) in [5.74, 6) is 0.338. The third kappa shape index (κ3) is 4.65. The predicted octanol–water partition coefficient (Wildman–Crippen LogP) is 3.96. The first-order chi connectivity index (χ1) is 12.7. The second-order valence-corrected chi connectivity index (χ2v) is 6.91. The topological polar surface area (TPSA) is 61.8 Å². The first-order valence-electron chi connectivity index (χ1n) is 8.41. The molecule has 1 fully saturated rings. The molecule has 5 nitrogen and oxygen atoms in total. The SMILES string of the molecule is COC(=O)c1ccc(OC(=O)c2ccccc2SC[C@@H]2CCCO2)cc1. The minimum absolute atomic E-state index is 0.245. The maximum Gasteiger partial charge on any atom is 0.344 e. The number of carbonyl (C=O) groups excluding carboxylic acids is 2. The van der Waals surface area contributed by atoms with Gasteiger partial charge < -0.3 is 14.2 Å². The van der Waals surface area contributed by atoms with E-state index >= 15 is 0 Å². The van der Waals surface area contributed by atoms with Crippen LogP contribution in [0.3, 0.4) is 0 Å². The van der Waals surface area contributed by atoms with Crippen molar-refractivity contribution in [2.45, 2.75) is 23.8 Å². The highest BCUT2D eigenvalue weighted by Crippen LogP contribution is 2.27. The Hall–Kier alpha value is -2.31. The summed E-state index contributed by atoms with van der Waals surface area (Å²) >= 11 is 1.61. The lowest BCUT2D eigenvalue weighted by Gasteiger charge is -2.12. The van der Waals surface area contributed by atoms with Gasteiger partial charge in [0.05, 0.1) is 24.3 Å². The molecular weight excluding hydrogens is 352 g/mol. The molecule has 2 aromatic rings. The molecular formula is C20H20O5S. The summed E-state index contributed by atoms with van der Waals surface area (Å²) in [6.07, 6.45) is 2.40. The van der Waals surface area contributed by atoms with Crippen LogP contribution in [-0.2, 0) is 9.47 Å². The lowest BCUT2D eigenvalue weighted by Crippen LogP contribution is -2.12. The van der Waals surface area contributed by atoms with Crippen LogP contribution in [0.4, 0.5) is 0 Å². The van der Waals surface area contributed by atoms with E-state index in [1.54, 1.807) is 42.1 Å². The monoisotopic (exact) mass is 372 g/mol. The number of hydrogen-bond donors (Lipinski definition) is 0. The lowest BCUT2D eigenvalue weighted by atomic mass is 10.2. The zero-order valence-electron chi connectivity index (χ0n) is 14.5. The minimum Gasteiger partial charge on any atom is -0.465 e. The molecule has 0 amide bonds. The Morgan fingerprint density at radius 2 is 1.88 bits per heavy atom. The summed E-state index contributed by atoms with van der Waals surface area (Å²) in [5, 5.41) is 0. The standard InChI is InChI=1S/C20H20O5S/c1-23-19(21)14-8-10-15(11-9-14)25-20(22)17-6-2-3-7-18(17)26-13-16-5-4-12-24-16/h2-3,6-11,16H,4-5,12-13H2,1H3/t16-/m0/s1. The molecule has 3 rings (SSSR count). The van der Waals surface area contributed by atoms with Gasteiger partial charge >= 0.3 is 11.9 Å². The molecule has 26 heavy (non-hydrogen) atoms. The van der Waals surface area contributed by atoms with E-state index in [1.165, 1.54) is 7.11 Å². The van der Waals surface area contributed by atoms with Gasteiger partial charge in [-0.05, 0) is 49.2 Å². The van der Waals surface area contributed by atoms with Crippen molar-refractivity contribution in [1.82, 2.24) is 0 Å². The molecule has 0 radical (unpaired) electrons. The number of hydrogen-bond acceptors (Lipinski definition) is 6. The van der Waals surface area contributed by atoms with E-state index in [0.717, 1.165) is 30.1 Å². The summed E-state index contributed by atoms with van der Waals surface area (Å²) < 4.78 is 15.7. The van der Waals surface area contributed by atoms with E-state index in [4.69, 9.17) is 9.47 Å². The quantitative estimate of drug-likeness (QED) is 0.434. The molecule has 0 aliphatic carbocycles. The Morgan fingerprint density at radius 3 is 2.58 bits per heavy atom. The van der Waals surface area contributed by atoms with Gasteiger partial charge in [-0.1, -0.05) is 12.1 Å². The maximum absolute atomic E-state index is 12.5. The third-order valence-corrected chi connectivity index (χ3v) is 5.25. The fourth-order valence-corrected chi connectivity index (χ4v) is 3.77. The molecule has 136 valence electrons. The molecule has 0 bridgehead atoms. The van der Waals surface area contributed by atoms with Crippen molar-refractivity contribution in [1.29, 1.82) is 0 Å². The van der Waals surface area contributed by atoms with Gasteiger partial charge in [0.15, 0.2) is 0 Å². The van der Waals surface area contributed by atoms with E-state index in [9.17, 15) is 9.59 Å². The lowest BCUT2D eigenvalue weighted by molar-refractivity contribution is 0.0600. The van der Waals surface area contributed by atoms with Crippen LogP contribution in [0, 0.1) is 0 Å². The highest BCUT2D eigenvalue weighted by Gasteiger charge is 2.19. The van der Waals surface area contributed by atoms with Gasteiger partial charge in [0, 0.05) is 17.3 Å². The smallest absolute Gasteiger partial charge is 0.344 e. The van der Waals surface area contributed by atoms with Crippen molar-refractivity contribution in [3.05, 3.63) is 59.7 Å². The molecule has 0 N–H and O–H groups in total. The van der Waals surface area contributed by atoms with E-state index in [2.05, 4.69) is 4.74 Å². The zero-order chi connectivity index (χ0) is 18.4. The van der Waals surface area contributed by atoms with Crippen LogP contribution in [0.25, 0.3) is 0 Å². The number of ether oxygens (including phenoxy) is 3. The van der Waals surface area contributed by atoms with Gasteiger partial charge in [-0.25, -0.2) is 9.59 Å². The highest BCUT2D eigenvalue weighted by molar-refractivity contribution is 7.99. The van der Waals surface area contributed by atoms with Crippen molar-refractivity contribution in [3.8, 4) is 5.75 Å². The average molecular weight is 372 g/mol. The van der Waals surface area contributed by atoms with Gasteiger partial charge in [0.1, 0.15) is 5.75 Å². The Labute approximate surface area is 156 Å². The molecule has 0 aromatic heterocycles. The molecule has 2 aromatic carbocycles. The summed E-state index contributed by atoms with van der Waals surface area (Å²) in [6.45, 7) is 0.816. The molecule has 0 saturated carbocycles. The van der Waals surface area contributed by atoms with E-state index in [0.29, 0.717) is 16.9 Å². The number of benzene rings is 2. The third-order valence-electron chi connectivity index (χ3n) is 4.04. The first-order valence-corrected chi connectivity index (χ1v) is 9.40. The highest BCUT2D eigenvalue weighted by atomic mass is 32.2. The number of thioether (sulfide) groups is 1. The van der Waals surface area contributed by atoms with Crippen LogP contribution in [0.5, 0.6) is 5.75 Å². The number of esters is 2. The summed E-state index contributed by atoms with van der Waals surface area (Å²) in [7, 11) is 1.32. The Bertz CT molecular complexity index is 766. The second kappa shape index (κ2) is 8.87. The van der Waals surface area contributed by atoms with Gasteiger partial charge in [0.25, 0.3) is 0 Å². The van der Waals surface area contributed by atoms with Gasteiger partial charge in [-0.2, -0.15) is 0 Å². The normalized spacial score (nSPS) is 16.3. The zero-order valence-corrected chi connectivity index (χ0v) is 15.3. The average Bonchev–Trinajstić information content (AvgIpc) is 3.20. The molecule has 1 aliphatic heterocycles. The molecule has 0 spiro atoms. The molecule has 1 aliphatic rings. The van der Waals surface area contributed by atoms with Crippen molar-refractivity contribution >= 4 is 23.7 Å².